The highest BCUT2D eigenvalue weighted by atomic mass is 32.1. The molecular weight excluding hydrogens is 300 g/mol. The van der Waals surface area contributed by atoms with Gasteiger partial charge in [-0.3, -0.25) is 9.48 Å². The van der Waals surface area contributed by atoms with E-state index in [1.54, 1.807) is 35.0 Å². The highest BCUT2D eigenvalue weighted by Gasteiger charge is 2.16. The average Bonchev–Trinajstić information content (AvgIpc) is 3.18. The third-order valence-electron chi connectivity index (χ3n) is 3.03. The molecule has 0 aliphatic heterocycles. The Kier molecular flexibility index (Phi) is 3.58. The van der Waals surface area contributed by atoms with Gasteiger partial charge in [0.25, 0.3) is 5.91 Å². The molecule has 0 aliphatic rings. The van der Waals surface area contributed by atoms with Crippen molar-refractivity contribution in [3.63, 3.8) is 0 Å². The molecule has 7 heteroatoms. The van der Waals surface area contributed by atoms with Crippen LogP contribution in [0.1, 0.15) is 31.3 Å². The number of amides is 1. The third-order valence-corrected chi connectivity index (χ3v) is 3.92. The number of carbonyl (C=O) groups excluding carboxylic acids is 1. The van der Waals surface area contributed by atoms with E-state index >= 15 is 0 Å². The fourth-order valence-corrected chi connectivity index (χ4v) is 2.63. The van der Waals surface area contributed by atoms with E-state index in [-0.39, 0.29) is 11.4 Å². The van der Waals surface area contributed by atoms with Crippen LogP contribution in [0.2, 0.25) is 0 Å². The minimum absolute atomic E-state index is 0.127. The first kappa shape index (κ1) is 14.5. The number of rotatable bonds is 3. The highest BCUT2D eigenvalue weighted by molar-refractivity contribution is 7.13. The predicted octanol–water partition coefficient (Wildman–Crippen LogP) is 3.61. The molecule has 0 unspecified atom stereocenters. The maximum absolute atomic E-state index is 12.2. The summed E-state index contributed by atoms with van der Waals surface area (Å²) in [4.78, 5) is 16.6. The Labute approximate surface area is 131 Å². The summed E-state index contributed by atoms with van der Waals surface area (Å²) in [6, 6.07) is 1.81. The van der Waals surface area contributed by atoms with Crippen molar-refractivity contribution in [3.8, 4) is 10.6 Å². The van der Waals surface area contributed by atoms with Gasteiger partial charge in [0.1, 0.15) is 17.0 Å². The molecule has 0 radical (unpaired) electrons. The van der Waals surface area contributed by atoms with Crippen molar-refractivity contribution in [3.05, 3.63) is 42.1 Å². The van der Waals surface area contributed by atoms with Crippen LogP contribution in [0.15, 0.2) is 40.8 Å². The number of hydrogen-bond acceptors (Lipinski definition) is 5. The average molecular weight is 316 g/mol. The summed E-state index contributed by atoms with van der Waals surface area (Å²) >= 11 is 1.40. The van der Waals surface area contributed by atoms with E-state index in [4.69, 9.17) is 4.42 Å². The van der Waals surface area contributed by atoms with Crippen molar-refractivity contribution >= 4 is 22.9 Å². The van der Waals surface area contributed by atoms with Crippen molar-refractivity contribution in [1.82, 2.24) is 14.8 Å². The second kappa shape index (κ2) is 5.42. The minimum atomic E-state index is -0.251. The van der Waals surface area contributed by atoms with E-state index in [0.717, 1.165) is 10.6 Å². The molecule has 0 saturated heterocycles. The molecule has 0 saturated carbocycles. The summed E-state index contributed by atoms with van der Waals surface area (Å²) in [6.07, 6.45) is 6.62. The molecule has 22 heavy (non-hydrogen) atoms. The van der Waals surface area contributed by atoms with Crippen molar-refractivity contribution in [2.45, 2.75) is 26.3 Å². The van der Waals surface area contributed by atoms with Crippen LogP contribution in [-0.4, -0.2) is 20.7 Å². The van der Waals surface area contributed by atoms with Crippen LogP contribution < -0.4 is 5.32 Å². The lowest BCUT2D eigenvalue weighted by atomic mass is 10.1. The van der Waals surface area contributed by atoms with Gasteiger partial charge in [-0.05, 0) is 26.8 Å². The highest BCUT2D eigenvalue weighted by Crippen LogP contribution is 2.24. The summed E-state index contributed by atoms with van der Waals surface area (Å²) in [5, 5.41) is 9.54. The Morgan fingerprint density at radius 2 is 2.23 bits per heavy atom. The number of anilines is 1. The summed E-state index contributed by atoms with van der Waals surface area (Å²) < 4.78 is 6.83. The second-order valence-electron chi connectivity index (χ2n) is 5.85. The fourth-order valence-electron chi connectivity index (χ4n) is 1.85. The molecule has 0 spiro atoms. The second-order valence-corrected chi connectivity index (χ2v) is 6.71. The van der Waals surface area contributed by atoms with Crippen LogP contribution in [0.25, 0.3) is 10.6 Å². The zero-order valence-electron chi connectivity index (χ0n) is 12.5. The Morgan fingerprint density at radius 1 is 1.41 bits per heavy atom. The van der Waals surface area contributed by atoms with Gasteiger partial charge in [-0.25, -0.2) is 4.98 Å². The summed E-state index contributed by atoms with van der Waals surface area (Å²) in [6.45, 7) is 6.13. The van der Waals surface area contributed by atoms with Gasteiger partial charge < -0.3 is 9.73 Å². The van der Waals surface area contributed by atoms with Gasteiger partial charge >= 0.3 is 0 Å². The Bertz CT molecular complexity index is 781. The molecule has 1 N–H and O–H groups in total. The molecule has 3 rings (SSSR count). The van der Waals surface area contributed by atoms with Crippen LogP contribution in [0.4, 0.5) is 5.69 Å². The van der Waals surface area contributed by atoms with Crippen molar-refractivity contribution in [2.75, 3.05) is 5.32 Å². The lowest BCUT2D eigenvalue weighted by Gasteiger charge is -2.18. The van der Waals surface area contributed by atoms with E-state index in [9.17, 15) is 4.79 Å². The molecule has 3 aromatic rings. The van der Waals surface area contributed by atoms with Crippen LogP contribution in [0.3, 0.4) is 0 Å². The van der Waals surface area contributed by atoms with Crippen molar-refractivity contribution in [1.29, 1.82) is 0 Å². The van der Waals surface area contributed by atoms with Gasteiger partial charge in [-0.1, -0.05) is 0 Å². The SMILES string of the molecule is CC(C)(C)n1cc(NC(=O)c2csc(-c3ccoc3)n2)cn1. The van der Waals surface area contributed by atoms with Crippen molar-refractivity contribution < 1.29 is 9.21 Å². The lowest BCUT2D eigenvalue weighted by Crippen LogP contribution is -2.22. The number of aromatic nitrogens is 3. The Morgan fingerprint density at radius 3 is 2.86 bits per heavy atom. The quantitative estimate of drug-likeness (QED) is 0.801. The molecule has 0 bridgehead atoms. The molecule has 6 nitrogen and oxygen atoms in total. The van der Waals surface area contributed by atoms with Gasteiger partial charge in [-0.2, -0.15) is 5.10 Å². The first-order valence-electron chi connectivity index (χ1n) is 6.78. The van der Waals surface area contributed by atoms with Crippen molar-refractivity contribution in [2.24, 2.45) is 0 Å². The van der Waals surface area contributed by atoms with E-state index < -0.39 is 0 Å². The molecule has 0 aromatic carbocycles. The van der Waals surface area contributed by atoms with Crippen LogP contribution in [0, 0.1) is 0 Å². The number of nitrogens with zero attached hydrogens (tertiary/aromatic N) is 3. The first-order valence-corrected chi connectivity index (χ1v) is 7.66. The number of nitrogens with one attached hydrogen (secondary N) is 1. The van der Waals surface area contributed by atoms with E-state index in [1.165, 1.54) is 11.3 Å². The number of furan rings is 1. The molecule has 3 aromatic heterocycles. The van der Waals surface area contributed by atoms with Gasteiger partial charge in [-0.15, -0.1) is 11.3 Å². The van der Waals surface area contributed by atoms with Crippen LogP contribution in [-0.2, 0) is 5.54 Å². The van der Waals surface area contributed by atoms with Gasteiger partial charge in [0.2, 0.25) is 0 Å². The topological polar surface area (TPSA) is 73.0 Å². The molecular formula is C15H16N4O2S. The molecule has 3 heterocycles. The summed E-state index contributed by atoms with van der Waals surface area (Å²) in [5.74, 6) is -0.251. The van der Waals surface area contributed by atoms with Gasteiger partial charge in [0, 0.05) is 17.1 Å². The summed E-state index contributed by atoms with van der Waals surface area (Å²) in [7, 11) is 0. The van der Waals surface area contributed by atoms with Gasteiger partial charge in [0.15, 0.2) is 0 Å². The smallest absolute Gasteiger partial charge is 0.275 e. The summed E-state index contributed by atoms with van der Waals surface area (Å²) in [5.41, 5.74) is 1.77. The predicted molar refractivity (Wildman–Crippen MR) is 85.0 cm³/mol. The maximum Gasteiger partial charge on any atom is 0.275 e. The Hall–Kier alpha value is -2.41. The van der Waals surface area contributed by atoms with E-state index in [0.29, 0.717) is 11.4 Å². The molecule has 0 atom stereocenters. The monoisotopic (exact) mass is 316 g/mol. The fraction of sp³-hybridized carbons (Fsp3) is 0.267. The number of thiazole rings is 1. The minimum Gasteiger partial charge on any atom is -0.472 e. The zero-order valence-corrected chi connectivity index (χ0v) is 13.3. The number of hydrogen-bond donors (Lipinski definition) is 1. The molecule has 0 fully saturated rings. The van der Waals surface area contributed by atoms with Gasteiger partial charge in [0.05, 0.1) is 23.7 Å². The van der Waals surface area contributed by atoms with E-state index in [1.807, 2.05) is 26.8 Å². The molecule has 114 valence electrons. The largest absolute Gasteiger partial charge is 0.472 e. The van der Waals surface area contributed by atoms with E-state index in [2.05, 4.69) is 15.4 Å². The third kappa shape index (κ3) is 2.94. The lowest BCUT2D eigenvalue weighted by molar-refractivity contribution is 0.102. The maximum atomic E-state index is 12.2. The standard InChI is InChI=1S/C15H16N4O2S/c1-15(2,3)19-7-11(6-16-19)17-13(20)12-9-22-14(18-12)10-4-5-21-8-10/h4-9H,1-3H3,(H,17,20). The molecule has 1 amide bonds. The zero-order chi connectivity index (χ0) is 15.7. The first-order chi connectivity index (χ1) is 10.4. The molecule has 0 aliphatic carbocycles. The normalized spacial score (nSPS) is 11.6. The van der Waals surface area contributed by atoms with Crippen LogP contribution in [0.5, 0.6) is 0 Å². The Balaban J connectivity index is 1.74. The van der Waals surface area contributed by atoms with Crippen LogP contribution >= 0.6 is 11.3 Å². The number of carbonyl (C=O) groups is 1.